The van der Waals surface area contributed by atoms with E-state index in [1.165, 1.54) is 22.8 Å². The number of piperidine rings is 1. The molecule has 0 bridgehead atoms. The quantitative estimate of drug-likeness (QED) is 0.510. The molecule has 3 aromatic rings. The van der Waals surface area contributed by atoms with E-state index in [9.17, 15) is 18.0 Å². The molecule has 0 saturated carbocycles. The second kappa shape index (κ2) is 9.35. The van der Waals surface area contributed by atoms with Crippen molar-refractivity contribution in [3.63, 3.8) is 0 Å². The molecular formula is C24H23F3N4O3. The Labute approximate surface area is 194 Å². The maximum atomic E-state index is 13.1. The molecule has 7 nitrogen and oxygen atoms in total. The lowest BCUT2D eigenvalue weighted by Crippen LogP contribution is -2.50. The van der Waals surface area contributed by atoms with E-state index < -0.39 is 23.9 Å². The zero-order valence-electron chi connectivity index (χ0n) is 18.7. The van der Waals surface area contributed by atoms with Crippen LogP contribution < -0.4 is 15.2 Å². The number of pyridine rings is 2. The summed E-state index contributed by atoms with van der Waals surface area (Å²) in [5, 5.41) is 0. The van der Waals surface area contributed by atoms with Gasteiger partial charge in [-0.1, -0.05) is 12.6 Å². The minimum Gasteiger partial charge on any atom is -0.488 e. The first-order chi connectivity index (χ1) is 16.2. The summed E-state index contributed by atoms with van der Waals surface area (Å²) in [5.41, 5.74) is 0.734. The lowest BCUT2D eigenvalue weighted by atomic mass is 10.0. The van der Waals surface area contributed by atoms with Crippen LogP contribution in [0.2, 0.25) is 0 Å². The molecule has 1 saturated heterocycles. The summed E-state index contributed by atoms with van der Waals surface area (Å²) in [6.45, 7) is 10.3. The Balaban J connectivity index is 1.63. The number of rotatable bonds is 5. The van der Waals surface area contributed by atoms with Gasteiger partial charge in [-0.15, -0.1) is 4.98 Å². The number of ether oxygens (including phenoxy) is 2. The highest BCUT2D eigenvalue weighted by atomic mass is 19.4. The summed E-state index contributed by atoms with van der Waals surface area (Å²) >= 11 is 0. The van der Waals surface area contributed by atoms with Crippen molar-refractivity contribution in [3.8, 4) is 5.75 Å². The average molecular weight is 472 g/mol. The zero-order valence-corrected chi connectivity index (χ0v) is 18.7. The highest BCUT2D eigenvalue weighted by Gasteiger charge is 2.34. The molecule has 1 aromatic carbocycles. The summed E-state index contributed by atoms with van der Waals surface area (Å²) in [6.07, 6.45) is -4.92. The van der Waals surface area contributed by atoms with Crippen LogP contribution in [0.1, 0.15) is 18.9 Å². The molecule has 1 fully saturated rings. The molecule has 1 aliphatic heterocycles. The van der Waals surface area contributed by atoms with Gasteiger partial charge in [0.15, 0.2) is 0 Å². The molecule has 10 heteroatoms. The zero-order chi connectivity index (χ0) is 24.5. The van der Waals surface area contributed by atoms with Gasteiger partial charge in [-0.25, -0.2) is 0 Å². The summed E-state index contributed by atoms with van der Waals surface area (Å²) < 4.78 is 52.6. The van der Waals surface area contributed by atoms with Crippen molar-refractivity contribution >= 4 is 22.5 Å². The molecule has 2 atom stereocenters. The number of benzene rings is 1. The Hall–Kier alpha value is -3.58. The third-order valence-electron chi connectivity index (χ3n) is 5.84. The lowest BCUT2D eigenvalue weighted by molar-refractivity contribution is -0.137. The van der Waals surface area contributed by atoms with Crippen molar-refractivity contribution in [2.75, 3.05) is 24.6 Å². The standard InChI is InChI=1S/C24H23F3N4O3/c1-4-33-20-14-31(11-10-19(20)34-16-7-5-6-15(12-16)24(25,26)27)18-13-22(32)30(3)17-8-9-21(28-2)29-23(17)18/h5-9,12-13,19-20H,4,10-11,14H2,1,3H3/t19-,20-/m1/s1. The lowest BCUT2D eigenvalue weighted by Gasteiger charge is -2.39. The second-order valence-electron chi connectivity index (χ2n) is 7.99. The third-order valence-corrected chi connectivity index (χ3v) is 5.84. The molecule has 0 amide bonds. The normalized spacial score (nSPS) is 18.6. The van der Waals surface area contributed by atoms with Crippen LogP contribution in [0.4, 0.5) is 24.7 Å². The topological polar surface area (TPSA) is 61.0 Å². The van der Waals surface area contributed by atoms with E-state index in [2.05, 4.69) is 9.83 Å². The highest BCUT2D eigenvalue weighted by molar-refractivity contribution is 5.89. The van der Waals surface area contributed by atoms with Gasteiger partial charge in [-0.3, -0.25) is 4.79 Å². The van der Waals surface area contributed by atoms with Crippen molar-refractivity contribution in [2.24, 2.45) is 7.05 Å². The van der Waals surface area contributed by atoms with Gasteiger partial charge in [0.05, 0.1) is 16.8 Å². The van der Waals surface area contributed by atoms with Crippen LogP contribution in [-0.4, -0.2) is 41.5 Å². The van der Waals surface area contributed by atoms with E-state index in [-0.39, 0.29) is 17.1 Å². The molecule has 0 aliphatic carbocycles. The van der Waals surface area contributed by atoms with Gasteiger partial charge < -0.3 is 23.8 Å². The molecule has 0 N–H and O–H groups in total. The third kappa shape index (κ3) is 4.70. The Bertz CT molecular complexity index is 1300. The largest absolute Gasteiger partial charge is 0.488 e. The molecule has 1 aliphatic rings. The summed E-state index contributed by atoms with van der Waals surface area (Å²) in [5.74, 6) is 0.344. The number of nitrogens with zero attached hydrogens (tertiary/aromatic N) is 4. The molecule has 0 spiro atoms. The number of halogens is 3. The molecule has 3 heterocycles. The molecule has 178 valence electrons. The molecule has 34 heavy (non-hydrogen) atoms. The van der Waals surface area contributed by atoms with Gasteiger partial charge in [0.25, 0.3) is 11.4 Å². The smallest absolute Gasteiger partial charge is 0.416 e. The van der Waals surface area contributed by atoms with E-state index in [1.807, 2.05) is 11.8 Å². The predicted octanol–water partition coefficient (Wildman–Crippen LogP) is 4.57. The second-order valence-corrected chi connectivity index (χ2v) is 7.99. The molecule has 0 radical (unpaired) electrons. The number of hydrogen-bond donors (Lipinski definition) is 0. The van der Waals surface area contributed by atoms with Crippen LogP contribution in [0.15, 0.2) is 47.3 Å². The Kier molecular flexibility index (Phi) is 6.48. The fourth-order valence-electron chi connectivity index (χ4n) is 4.15. The van der Waals surface area contributed by atoms with E-state index in [4.69, 9.17) is 16.0 Å². The molecule has 2 aromatic heterocycles. The van der Waals surface area contributed by atoms with Gasteiger partial charge in [-0.2, -0.15) is 13.2 Å². The molecule has 0 unspecified atom stereocenters. The van der Waals surface area contributed by atoms with Crippen molar-refractivity contribution in [3.05, 3.63) is 69.8 Å². The Morgan fingerprint density at radius 2 is 2.00 bits per heavy atom. The summed E-state index contributed by atoms with van der Waals surface area (Å²) in [4.78, 5) is 22.4. The van der Waals surface area contributed by atoms with Crippen molar-refractivity contribution in [1.82, 2.24) is 9.55 Å². The van der Waals surface area contributed by atoms with Gasteiger partial charge in [0.2, 0.25) is 5.52 Å². The predicted molar refractivity (Wildman–Crippen MR) is 121 cm³/mol. The van der Waals surface area contributed by atoms with E-state index in [1.54, 1.807) is 19.2 Å². The van der Waals surface area contributed by atoms with E-state index in [0.29, 0.717) is 42.8 Å². The first kappa shape index (κ1) is 23.6. The number of anilines is 1. The van der Waals surface area contributed by atoms with Gasteiger partial charge in [-0.05, 0) is 37.3 Å². The fourth-order valence-corrected chi connectivity index (χ4v) is 4.15. The van der Waals surface area contributed by atoms with Crippen LogP contribution >= 0.6 is 0 Å². The van der Waals surface area contributed by atoms with Crippen LogP contribution in [0.25, 0.3) is 15.9 Å². The summed E-state index contributed by atoms with van der Waals surface area (Å²) in [7, 11) is 1.64. The van der Waals surface area contributed by atoms with Crippen molar-refractivity contribution < 1.29 is 22.6 Å². The average Bonchev–Trinajstić information content (AvgIpc) is 2.82. The SMILES string of the molecule is [C-]#[N+]c1ccc2c(n1)c(N1CC[C@@H](Oc3cccc(C(F)(F)F)c3)[C@H](OCC)C1)cc(=O)n2C. The maximum absolute atomic E-state index is 13.1. The number of alkyl halides is 3. The number of aryl methyl sites for hydroxylation is 1. The number of aromatic nitrogens is 2. The monoisotopic (exact) mass is 472 g/mol. The van der Waals surface area contributed by atoms with Gasteiger partial charge in [0, 0.05) is 39.2 Å². The molecular weight excluding hydrogens is 449 g/mol. The summed E-state index contributed by atoms with van der Waals surface area (Å²) in [6, 6.07) is 9.55. The number of hydrogen-bond acceptors (Lipinski definition) is 5. The maximum Gasteiger partial charge on any atom is 0.416 e. The van der Waals surface area contributed by atoms with Crippen LogP contribution in [0.3, 0.4) is 0 Å². The minimum atomic E-state index is -4.46. The van der Waals surface area contributed by atoms with E-state index in [0.717, 1.165) is 12.1 Å². The van der Waals surface area contributed by atoms with Gasteiger partial charge >= 0.3 is 6.18 Å². The van der Waals surface area contributed by atoms with Crippen LogP contribution in [-0.2, 0) is 18.0 Å². The Morgan fingerprint density at radius 1 is 1.21 bits per heavy atom. The molecule has 4 rings (SSSR count). The minimum absolute atomic E-state index is 0.125. The van der Waals surface area contributed by atoms with Crippen LogP contribution in [0, 0.1) is 6.57 Å². The highest BCUT2D eigenvalue weighted by Crippen LogP contribution is 2.33. The first-order valence-corrected chi connectivity index (χ1v) is 10.8. The van der Waals surface area contributed by atoms with E-state index >= 15 is 0 Å². The van der Waals surface area contributed by atoms with Crippen molar-refractivity contribution in [2.45, 2.75) is 31.7 Å². The van der Waals surface area contributed by atoms with Crippen molar-refractivity contribution in [1.29, 1.82) is 0 Å². The number of fused-ring (bicyclic) bond motifs is 1. The Morgan fingerprint density at radius 3 is 2.71 bits per heavy atom. The fraction of sp³-hybridized carbons (Fsp3) is 0.375. The van der Waals surface area contributed by atoms with Crippen LogP contribution in [0.5, 0.6) is 5.75 Å². The van der Waals surface area contributed by atoms with Gasteiger partial charge in [0.1, 0.15) is 18.0 Å². The first-order valence-electron chi connectivity index (χ1n) is 10.8.